The number of aromatic amines is 1. The van der Waals surface area contributed by atoms with Crippen molar-refractivity contribution < 1.29 is 54.1 Å². The number of alkyl halides is 6. The Kier molecular flexibility index (Phi) is 7.02. The van der Waals surface area contributed by atoms with Crippen LogP contribution in [0.25, 0.3) is 10.9 Å². The van der Waals surface area contributed by atoms with Crippen molar-refractivity contribution in [2.45, 2.75) is 28.6 Å². The summed E-state index contributed by atoms with van der Waals surface area (Å²) in [4.78, 5) is 13.2. The van der Waals surface area contributed by atoms with E-state index in [0.717, 1.165) is 18.3 Å². The van der Waals surface area contributed by atoms with Crippen molar-refractivity contribution in [2.75, 3.05) is 7.11 Å². The van der Waals surface area contributed by atoms with Crippen molar-refractivity contribution >= 4 is 26.7 Å². The van der Waals surface area contributed by atoms with Gasteiger partial charge in [0, 0.05) is 17.1 Å². The molecule has 4 aromatic rings. The zero-order chi connectivity index (χ0) is 28.8. The molecule has 4 rings (SSSR count). The molecule has 0 saturated carbocycles. The van der Waals surface area contributed by atoms with Crippen LogP contribution in [0.3, 0.4) is 0 Å². The second kappa shape index (κ2) is 9.84. The maximum Gasteiger partial charge on any atom is 0.420 e. The lowest BCUT2D eigenvalue weighted by Crippen LogP contribution is -2.16. The largest absolute Gasteiger partial charge is 0.497 e. The Bertz CT molecular complexity index is 1620. The van der Waals surface area contributed by atoms with E-state index in [-0.39, 0.29) is 32.8 Å². The van der Waals surface area contributed by atoms with Gasteiger partial charge >= 0.3 is 18.3 Å². The van der Waals surface area contributed by atoms with E-state index in [4.69, 9.17) is 14.6 Å². The SMILES string of the molecule is COc1ccc(S(=O)(=O)c2c[nH]c3ccc(Oc4c(C(F)(F)F)cc(CC(=O)O)cc4C(F)(F)F)cc23)cc1. The topological polar surface area (TPSA) is 106 Å². The molecule has 0 atom stereocenters. The summed E-state index contributed by atoms with van der Waals surface area (Å²) >= 11 is 0. The normalized spacial score (nSPS) is 12.5. The fourth-order valence-corrected chi connectivity index (χ4v) is 5.28. The lowest BCUT2D eigenvalue weighted by atomic mass is 10.0. The average Bonchev–Trinajstić information content (AvgIpc) is 3.27. The molecule has 7 nitrogen and oxygen atoms in total. The summed E-state index contributed by atoms with van der Waals surface area (Å²) in [6, 6.07) is 9.19. The summed E-state index contributed by atoms with van der Waals surface area (Å²) in [6.45, 7) is 0. The maximum atomic E-state index is 13.8. The predicted molar refractivity (Wildman–Crippen MR) is 125 cm³/mol. The van der Waals surface area contributed by atoms with E-state index in [1.807, 2.05) is 0 Å². The van der Waals surface area contributed by atoms with E-state index >= 15 is 0 Å². The fourth-order valence-electron chi connectivity index (χ4n) is 3.86. The summed E-state index contributed by atoms with van der Waals surface area (Å²) in [5.41, 5.74) is -4.19. The summed E-state index contributed by atoms with van der Waals surface area (Å²) in [7, 11) is -2.79. The third kappa shape index (κ3) is 5.65. The Labute approximate surface area is 216 Å². The smallest absolute Gasteiger partial charge is 0.420 e. The molecule has 0 fully saturated rings. The number of aromatic nitrogens is 1. The molecule has 3 aromatic carbocycles. The van der Waals surface area contributed by atoms with Gasteiger partial charge in [-0.25, -0.2) is 8.42 Å². The number of fused-ring (bicyclic) bond motifs is 1. The Morgan fingerprint density at radius 1 is 0.897 bits per heavy atom. The average molecular weight is 573 g/mol. The van der Waals surface area contributed by atoms with Crippen LogP contribution in [0.5, 0.6) is 17.2 Å². The van der Waals surface area contributed by atoms with Crippen LogP contribution in [0.1, 0.15) is 16.7 Å². The monoisotopic (exact) mass is 573 g/mol. The van der Waals surface area contributed by atoms with Crippen LogP contribution in [0.15, 0.2) is 70.6 Å². The highest BCUT2D eigenvalue weighted by atomic mass is 32.2. The van der Waals surface area contributed by atoms with Gasteiger partial charge in [0.25, 0.3) is 0 Å². The molecule has 206 valence electrons. The van der Waals surface area contributed by atoms with E-state index < -0.39 is 62.8 Å². The van der Waals surface area contributed by atoms with Gasteiger partial charge in [0.1, 0.15) is 11.5 Å². The van der Waals surface area contributed by atoms with Gasteiger partial charge in [0.2, 0.25) is 9.84 Å². The molecule has 0 amide bonds. The number of methoxy groups -OCH3 is 1. The molecule has 0 bridgehead atoms. The second-order valence-corrected chi connectivity index (χ2v) is 10.1. The number of sulfone groups is 1. The first-order valence-corrected chi connectivity index (χ1v) is 12.3. The van der Waals surface area contributed by atoms with Crippen molar-refractivity contribution in [1.29, 1.82) is 0 Å². The minimum atomic E-state index is -5.34. The summed E-state index contributed by atoms with van der Waals surface area (Å²) < 4.78 is 119. The molecule has 0 unspecified atom stereocenters. The number of carboxylic acids is 1. The summed E-state index contributed by atoms with van der Waals surface area (Å²) in [5.74, 6) is -3.36. The van der Waals surface area contributed by atoms with E-state index in [2.05, 4.69) is 4.98 Å². The quantitative estimate of drug-likeness (QED) is 0.246. The van der Waals surface area contributed by atoms with Crippen molar-refractivity contribution in [3.8, 4) is 17.2 Å². The minimum Gasteiger partial charge on any atom is -0.497 e. The first-order valence-electron chi connectivity index (χ1n) is 10.8. The number of ether oxygens (including phenoxy) is 2. The Hall–Kier alpha value is -4.20. The molecular weight excluding hydrogens is 556 g/mol. The third-order valence-corrected chi connectivity index (χ3v) is 7.42. The van der Waals surface area contributed by atoms with Crippen LogP contribution < -0.4 is 9.47 Å². The Morgan fingerprint density at radius 3 is 1.97 bits per heavy atom. The minimum absolute atomic E-state index is 0.0482. The van der Waals surface area contributed by atoms with E-state index in [9.17, 15) is 39.6 Å². The van der Waals surface area contributed by atoms with Crippen LogP contribution >= 0.6 is 0 Å². The number of halogens is 6. The molecular formula is C25H17F6NO6S. The second-order valence-electron chi connectivity index (χ2n) is 8.23. The van der Waals surface area contributed by atoms with Crippen molar-refractivity contribution in [2.24, 2.45) is 0 Å². The zero-order valence-corrected chi connectivity index (χ0v) is 20.5. The maximum absolute atomic E-state index is 13.8. The van der Waals surface area contributed by atoms with Crippen molar-refractivity contribution in [3.63, 3.8) is 0 Å². The van der Waals surface area contributed by atoms with E-state index in [1.54, 1.807) is 0 Å². The molecule has 2 N–H and O–H groups in total. The van der Waals surface area contributed by atoms with Gasteiger partial charge in [-0.3, -0.25) is 4.79 Å². The molecule has 39 heavy (non-hydrogen) atoms. The molecule has 14 heteroatoms. The highest BCUT2D eigenvalue weighted by molar-refractivity contribution is 7.91. The first-order chi connectivity index (χ1) is 18.1. The first kappa shape index (κ1) is 27.8. The molecule has 1 aromatic heterocycles. The molecule has 0 radical (unpaired) electrons. The van der Waals surface area contributed by atoms with Crippen LogP contribution in [-0.4, -0.2) is 31.6 Å². The third-order valence-electron chi connectivity index (χ3n) is 5.61. The van der Waals surface area contributed by atoms with Crippen LogP contribution in [-0.2, 0) is 33.4 Å². The number of rotatable bonds is 7. The van der Waals surface area contributed by atoms with Crippen LogP contribution in [0, 0.1) is 0 Å². The lowest BCUT2D eigenvalue weighted by Gasteiger charge is -2.20. The molecule has 0 aliphatic carbocycles. The fraction of sp³-hybridized carbons (Fsp3) is 0.160. The van der Waals surface area contributed by atoms with Crippen LogP contribution in [0.4, 0.5) is 26.3 Å². The molecule has 0 spiro atoms. The van der Waals surface area contributed by atoms with Gasteiger partial charge in [0.15, 0.2) is 5.75 Å². The van der Waals surface area contributed by atoms with Gasteiger partial charge in [0.05, 0.1) is 34.4 Å². The summed E-state index contributed by atoms with van der Waals surface area (Å²) in [6.07, 6.45) is -10.6. The molecule has 1 heterocycles. The highest BCUT2D eigenvalue weighted by Gasteiger charge is 2.43. The lowest BCUT2D eigenvalue weighted by molar-refractivity contribution is -0.145. The molecule has 0 saturated heterocycles. The number of hydrogen-bond acceptors (Lipinski definition) is 5. The zero-order valence-electron chi connectivity index (χ0n) is 19.6. The number of carbonyl (C=O) groups is 1. The van der Waals surface area contributed by atoms with Gasteiger partial charge in [-0.2, -0.15) is 26.3 Å². The highest BCUT2D eigenvalue weighted by Crippen LogP contribution is 2.47. The van der Waals surface area contributed by atoms with Gasteiger partial charge in [-0.15, -0.1) is 0 Å². The number of benzene rings is 3. The summed E-state index contributed by atoms with van der Waals surface area (Å²) in [5, 5.41) is 8.84. The molecule has 0 aliphatic heterocycles. The van der Waals surface area contributed by atoms with E-state index in [0.29, 0.717) is 5.75 Å². The number of H-pyrrole nitrogens is 1. The van der Waals surface area contributed by atoms with Crippen molar-refractivity contribution in [3.05, 3.63) is 77.5 Å². The predicted octanol–water partition coefficient (Wildman–Crippen LogP) is 6.47. The Balaban J connectivity index is 1.85. The Morgan fingerprint density at radius 2 is 1.46 bits per heavy atom. The number of aliphatic carboxylic acids is 1. The van der Waals surface area contributed by atoms with Gasteiger partial charge in [-0.1, -0.05) is 0 Å². The van der Waals surface area contributed by atoms with Crippen LogP contribution in [0.2, 0.25) is 0 Å². The van der Waals surface area contributed by atoms with E-state index in [1.165, 1.54) is 37.4 Å². The number of hydrogen-bond donors (Lipinski definition) is 2. The van der Waals surface area contributed by atoms with Crippen molar-refractivity contribution in [1.82, 2.24) is 4.98 Å². The number of nitrogens with one attached hydrogen (secondary N) is 1. The molecule has 0 aliphatic rings. The van der Waals surface area contributed by atoms with Gasteiger partial charge in [-0.05, 0) is 60.2 Å². The number of carboxylic acid groups (broad SMARTS) is 1. The van der Waals surface area contributed by atoms with Gasteiger partial charge < -0.3 is 19.6 Å². The standard InChI is InChI=1S/C25H17F6NO6S/c1-37-14-2-5-16(6-3-14)39(35,36)21-12-32-20-7-4-15(11-17(20)21)38-23-18(24(26,27)28)8-13(10-22(33)34)9-19(23)25(29,30)31/h2-9,11-12,32H,10H2,1H3,(H,33,34).